The Hall–Kier alpha value is -2.05. The summed E-state index contributed by atoms with van der Waals surface area (Å²) in [5, 5.41) is 3.19. The average Bonchev–Trinajstić information content (AvgIpc) is 3.25. The molecule has 0 spiro atoms. The third-order valence-corrected chi connectivity index (χ3v) is 6.89. The van der Waals surface area contributed by atoms with Crippen molar-refractivity contribution in [3.05, 3.63) is 41.8 Å². The Labute approximate surface area is 162 Å². The highest BCUT2D eigenvalue weighted by atomic mass is 32.1. The van der Waals surface area contributed by atoms with E-state index in [1.54, 1.807) is 17.7 Å². The minimum Gasteiger partial charge on any atom is -0.356 e. The predicted molar refractivity (Wildman–Crippen MR) is 109 cm³/mol. The van der Waals surface area contributed by atoms with Gasteiger partial charge in [-0.15, -0.1) is 11.3 Å². The van der Waals surface area contributed by atoms with Crippen LogP contribution in [-0.4, -0.2) is 28.6 Å². The fraction of sp³-hybridized carbons (Fsp3) is 0.429. The highest BCUT2D eigenvalue weighted by molar-refractivity contribution is 7.17. The zero-order chi connectivity index (χ0) is 18.4. The number of piperidine rings is 1. The van der Waals surface area contributed by atoms with Crippen molar-refractivity contribution >= 4 is 27.4 Å². The number of rotatable bonds is 4. The smallest absolute Gasteiger partial charge is 0.141 e. The van der Waals surface area contributed by atoms with Gasteiger partial charge in [-0.05, 0) is 55.7 Å². The molecule has 1 aromatic carbocycles. The van der Waals surface area contributed by atoms with Crippen molar-refractivity contribution in [3.63, 3.8) is 0 Å². The third kappa shape index (κ3) is 3.32. The largest absolute Gasteiger partial charge is 0.356 e. The van der Waals surface area contributed by atoms with Crippen LogP contribution in [-0.2, 0) is 0 Å². The number of nitrogens with zero attached hydrogens (tertiary/aromatic N) is 3. The van der Waals surface area contributed by atoms with Crippen molar-refractivity contribution in [2.75, 3.05) is 18.0 Å². The van der Waals surface area contributed by atoms with E-state index >= 15 is 0 Å². The van der Waals surface area contributed by atoms with Crippen molar-refractivity contribution in [2.45, 2.75) is 37.6 Å². The lowest BCUT2D eigenvalue weighted by Gasteiger charge is -2.34. The van der Waals surface area contributed by atoms with E-state index in [1.165, 1.54) is 44.2 Å². The maximum Gasteiger partial charge on any atom is 0.141 e. The number of thiophene rings is 1. The zero-order valence-corrected chi connectivity index (χ0v) is 16.0. The molecule has 1 aliphatic carbocycles. The molecule has 0 atom stereocenters. The van der Waals surface area contributed by atoms with E-state index in [-0.39, 0.29) is 11.4 Å². The average molecular weight is 383 g/mol. The highest BCUT2D eigenvalue weighted by Crippen LogP contribution is 2.42. The molecule has 27 heavy (non-hydrogen) atoms. The summed E-state index contributed by atoms with van der Waals surface area (Å²) in [5.41, 5.74) is 8.55. The Morgan fingerprint density at radius 2 is 1.89 bits per heavy atom. The lowest BCUT2D eigenvalue weighted by molar-refractivity contribution is 0.345. The van der Waals surface area contributed by atoms with Gasteiger partial charge in [-0.1, -0.05) is 12.1 Å². The van der Waals surface area contributed by atoms with Crippen LogP contribution < -0.4 is 10.6 Å². The Morgan fingerprint density at radius 1 is 1.15 bits per heavy atom. The van der Waals surface area contributed by atoms with E-state index in [9.17, 15) is 4.39 Å². The molecule has 2 N–H and O–H groups in total. The second-order valence-corrected chi connectivity index (χ2v) is 8.89. The first-order valence-corrected chi connectivity index (χ1v) is 10.5. The molecule has 6 heteroatoms. The van der Waals surface area contributed by atoms with Crippen LogP contribution in [0, 0.1) is 11.7 Å². The number of halogens is 1. The van der Waals surface area contributed by atoms with Crippen LogP contribution in [0.4, 0.5) is 10.2 Å². The summed E-state index contributed by atoms with van der Waals surface area (Å²) >= 11 is 1.62. The molecule has 0 amide bonds. The van der Waals surface area contributed by atoms with E-state index in [1.807, 2.05) is 12.1 Å². The summed E-state index contributed by atoms with van der Waals surface area (Å²) < 4.78 is 13.3. The van der Waals surface area contributed by atoms with E-state index in [0.29, 0.717) is 0 Å². The van der Waals surface area contributed by atoms with E-state index in [0.717, 1.165) is 46.2 Å². The van der Waals surface area contributed by atoms with Crippen molar-refractivity contribution < 1.29 is 4.39 Å². The van der Waals surface area contributed by atoms with Crippen LogP contribution in [0.25, 0.3) is 21.3 Å². The van der Waals surface area contributed by atoms with E-state index in [4.69, 9.17) is 5.73 Å². The van der Waals surface area contributed by atoms with Gasteiger partial charge in [-0.2, -0.15) is 0 Å². The van der Waals surface area contributed by atoms with Crippen LogP contribution in [0.1, 0.15) is 32.1 Å². The molecule has 1 saturated carbocycles. The number of benzene rings is 1. The first kappa shape index (κ1) is 17.1. The number of anilines is 1. The third-order valence-electron chi connectivity index (χ3n) is 6.01. The van der Waals surface area contributed by atoms with Crippen LogP contribution in [0.5, 0.6) is 0 Å². The molecular formula is C21H23FN4S. The number of nitrogens with two attached hydrogens (primary N) is 1. The monoisotopic (exact) mass is 382 g/mol. The van der Waals surface area contributed by atoms with Gasteiger partial charge in [0.15, 0.2) is 0 Å². The molecule has 0 radical (unpaired) electrons. The molecule has 2 aliphatic rings. The number of fused-ring (bicyclic) bond motifs is 1. The lowest BCUT2D eigenvalue weighted by atomic mass is 9.89. The molecule has 4 nitrogen and oxygen atoms in total. The maximum absolute atomic E-state index is 13.3. The van der Waals surface area contributed by atoms with Gasteiger partial charge < -0.3 is 10.6 Å². The highest BCUT2D eigenvalue weighted by Gasteiger charge is 2.40. The second kappa shape index (κ2) is 6.53. The van der Waals surface area contributed by atoms with Crippen molar-refractivity contribution in [3.8, 4) is 11.1 Å². The second-order valence-electron chi connectivity index (χ2n) is 8.03. The van der Waals surface area contributed by atoms with Crippen LogP contribution >= 0.6 is 11.3 Å². The molecule has 1 saturated heterocycles. The summed E-state index contributed by atoms with van der Waals surface area (Å²) in [6, 6.07) is 6.68. The number of aromatic nitrogens is 2. The number of hydrogen-bond donors (Lipinski definition) is 1. The van der Waals surface area contributed by atoms with E-state index in [2.05, 4.69) is 20.2 Å². The molecule has 1 aliphatic heterocycles. The standard InChI is InChI=1S/C21H23FN4S/c22-16-3-1-15(2-4-16)17-12-27-20-18(17)19(24-13-25-20)26-9-5-14(6-10-26)11-21(23)7-8-21/h1-4,12-14H,5-11,23H2. The van der Waals surface area contributed by atoms with Gasteiger partial charge in [0.25, 0.3) is 0 Å². The van der Waals surface area contributed by atoms with Crippen molar-refractivity contribution in [1.29, 1.82) is 0 Å². The van der Waals surface area contributed by atoms with Crippen LogP contribution in [0.15, 0.2) is 36.0 Å². The first-order valence-electron chi connectivity index (χ1n) is 9.63. The van der Waals surface area contributed by atoms with Gasteiger partial charge in [0, 0.05) is 29.6 Å². The summed E-state index contributed by atoms with van der Waals surface area (Å²) in [6.07, 6.45) is 7.54. The zero-order valence-electron chi connectivity index (χ0n) is 15.2. The molecule has 3 aromatic rings. The van der Waals surface area contributed by atoms with E-state index < -0.39 is 0 Å². The quantitative estimate of drug-likeness (QED) is 0.717. The lowest BCUT2D eigenvalue weighted by Crippen LogP contribution is -2.37. The maximum atomic E-state index is 13.3. The minimum atomic E-state index is -0.217. The molecule has 0 unspecified atom stereocenters. The summed E-state index contributed by atoms with van der Waals surface area (Å²) in [7, 11) is 0. The minimum absolute atomic E-state index is 0.137. The molecule has 2 aromatic heterocycles. The number of hydrogen-bond acceptors (Lipinski definition) is 5. The van der Waals surface area contributed by atoms with Crippen LogP contribution in [0.2, 0.25) is 0 Å². The van der Waals surface area contributed by atoms with Gasteiger partial charge in [0.2, 0.25) is 0 Å². The predicted octanol–water partition coefficient (Wildman–Crippen LogP) is 4.60. The van der Waals surface area contributed by atoms with Crippen molar-refractivity contribution in [1.82, 2.24) is 9.97 Å². The SMILES string of the molecule is NC1(CC2CCN(c3ncnc4scc(-c5ccc(F)cc5)c34)CC2)CC1. The Kier molecular flexibility index (Phi) is 4.13. The van der Waals surface area contributed by atoms with Crippen molar-refractivity contribution in [2.24, 2.45) is 11.7 Å². The Balaban J connectivity index is 1.43. The summed E-state index contributed by atoms with van der Waals surface area (Å²) in [6.45, 7) is 2.01. The summed E-state index contributed by atoms with van der Waals surface area (Å²) in [5.74, 6) is 1.52. The topological polar surface area (TPSA) is 55.0 Å². The Morgan fingerprint density at radius 3 is 2.59 bits per heavy atom. The normalized spacial score (nSPS) is 19.6. The molecule has 3 heterocycles. The fourth-order valence-electron chi connectivity index (χ4n) is 4.23. The van der Waals surface area contributed by atoms with Crippen LogP contribution in [0.3, 0.4) is 0 Å². The fourth-order valence-corrected chi connectivity index (χ4v) is 5.14. The first-order chi connectivity index (χ1) is 13.1. The van der Waals surface area contributed by atoms with Gasteiger partial charge in [0.1, 0.15) is 22.8 Å². The molecule has 0 bridgehead atoms. The summed E-state index contributed by atoms with van der Waals surface area (Å²) in [4.78, 5) is 12.5. The molecule has 5 rings (SSSR count). The molecule has 140 valence electrons. The van der Waals surface area contributed by atoms with Gasteiger partial charge in [-0.3, -0.25) is 0 Å². The van der Waals surface area contributed by atoms with Gasteiger partial charge in [-0.25, -0.2) is 14.4 Å². The molecule has 2 fully saturated rings. The van der Waals surface area contributed by atoms with Gasteiger partial charge in [0.05, 0.1) is 5.39 Å². The molecular weight excluding hydrogens is 359 g/mol. The van der Waals surface area contributed by atoms with Gasteiger partial charge >= 0.3 is 0 Å². The Bertz CT molecular complexity index is 956.